The van der Waals surface area contributed by atoms with Crippen molar-refractivity contribution >= 4 is 40.8 Å². The molecule has 5 heteroatoms. The van der Waals surface area contributed by atoms with Crippen LogP contribution in [0.2, 0.25) is 0 Å². The molecule has 0 unspecified atom stereocenters. The van der Waals surface area contributed by atoms with Crippen molar-refractivity contribution < 1.29 is 4.79 Å². The Morgan fingerprint density at radius 3 is 2.50 bits per heavy atom. The lowest BCUT2D eigenvalue weighted by Gasteiger charge is -2.33. The Bertz CT molecular complexity index is 800. The van der Waals surface area contributed by atoms with Gasteiger partial charge in [-0.1, -0.05) is 36.7 Å². The van der Waals surface area contributed by atoms with Crippen molar-refractivity contribution in [3.63, 3.8) is 0 Å². The van der Waals surface area contributed by atoms with Crippen LogP contribution in [0.1, 0.15) is 25.7 Å². The van der Waals surface area contributed by atoms with Crippen LogP contribution in [-0.4, -0.2) is 36.7 Å². The van der Waals surface area contributed by atoms with Gasteiger partial charge in [0.2, 0.25) is 5.91 Å². The van der Waals surface area contributed by atoms with Crippen molar-refractivity contribution in [2.45, 2.75) is 40.4 Å². The maximum Gasteiger partial charge on any atom is 0.245 e. The van der Waals surface area contributed by atoms with Gasteiger partial charge in [-0.05, 0) is 62.5 Å². The van der Waals surface area contributed by atoms with Crippen LogP contribution in [0.4, 0.5) is 11.4 Å². The molecule has 0 bridgehead atoms. The number of carbonyl (C=O) groups excluding carboxylic acids is 1. The number of likely N-dealkylation sites (tertiary alicyclic amines) is 1. The Balaban J connectivity index is 1.68. The average Bonchev–Trinajstić information content (AvgIpc) is 2.94. The number of hydrogen-bond acceptors (Lipinski definition) is 4. The summed E-state index contributed by atoms with van der Waals surface area (Å²) in [6.07, 6.45) is 7.05. The van der Waals surface area contributed by atoms with Crippen LogP contribution in [0.3, 0.4) is 0 Å². The number of anilines is 2. The van der Waals surface area contributed by atoms with E-state index in [-0.39, 0.29) is 5.91 Å². The van der Waals surface area contributed by atoms with Crippen LogP contribution in [0.5, 0.6) is 0 Å². The molecule has 4 rings (SSSR count). The first-order valence-electron chi connectivity index (χ1n) is 9.26. The summed E-state index contributed by atoms with van der Waals surface area (Å²) in [4.78, 5) is 21.2. The Morgan fingerprint density at radius 2 is 1.73 bits per heavy atom. The van der Waals surface area contributed by atoms with Gasteiger partial charge in [0.1, 0.15) is 0 Å². The second-order valence-corrected chi connectivity index (χ2v) is 8.79. The number of amides is 1. The number of benzene rings is 2. The fourth-order valence-electron chi connectivity index (χ4n) is 3.69. The second kappa shape index (κ2) is 8.07. The van der Waals surface area contributed by atoms with E-state index in [1.54, 1.807) is 23.5 Å². The number of para-hydroxylation sites is 1. The van der Waals surface area contributed by atoms with Gasteiger partial charge in [-0.25, -0.2) is 0 Å². The molecule has 2 aromatic rings. The maximum atomic E-state index is 13.4. The first-order valence-corrected chi connectivity index (χ1v) is 11.3. The van der Waals surface area contributed by atoms with Gasteiger partial charge in [-0.3, -0.25) is 14.6 Å². The summed E-state index contributed by atoms with van der Waals surface area (Å²) in [6.45, 7) is 2.57. The molecule has 3 nitrogen and oxygen atoms in total. The van der Waals surface area contributed by atoms with Gasteiger partial charge in [0.05, 0.1) is 17.9 Å². The SMILES string of the molecule is CSc1ccc2c(c1)N(C(=O)CN1CCCCCC1)c1ccccc1S2. The van der Waals surface area contributed by atoms with E-state index in [1.807, 2.05) is 17.0 Å². The predicted molar refractivity (Wildman–Crippen MR) is 111 cm³/mol. The van der Waals surface area contributed by atoms with Crippen LogP contribution in [0, 0.1) is 0 Å². The van der Waals surface area contributed by atoms with E-state index in [0.29, 0.717) is 6.54 Å². The maximum absolute atomic E-state index is 13.4. The molecule has 0 saturated carbocycles. The molecule has 0 atom stereocenters. The lowest BCUT2D eigenvalue weighted by atomic mass is 10.2. The number of hydrogen-bond donors (Lipinski definition) is 0. The van der Waals surface area contributed by atoms with Crippen LogP contribution < -0.4 is 4.90 Å². The van der Waals surface area contributed by atoms with E-state index in [1.165, 1.54) is 30.6 Å². The number of nitrogens with zero attached hydrogens (tertiary/aromatic N) is 2. The van der Waals surface area contributed by atoms with Crippen LogP contribution in [-0.2, 0) is 4.79 Å². The van der Waals surface area contributed by atoms with Crippen LogP contribution in [0.25, 0.3) is 0 Å². The Labute approximate surface area is 164 Å². The molecule has 1 fully saturated rings. The smallest absolute Gasteiger partial charge is 0.245 e. The fraction of sp³-hybridized carbons (Fsp3) is 0.381. The Hall–Kier alpha value is -1.43. The highest BCUT2D eigenvalue weighted by Gasteiger charge is 2.29. The van der Waals surface area contributed by atoms with E-state index in [0.717, 1.165) is 34.3 Å². The van der Waals surface area contributed by atoms with Gasteiger partial charge in [0, 0.05) is 14.7 Å². The van der Waals surface area contributed by atoms with Crippen molar-refractivity contribution in [2.75, 3.05) is 30.8 Å². The van der Waals surface area contributed by atoms with E-state index >= 15 is 0 Å². The molecular weight excluding hydrogens is 360 g/mol. The van der Waals surface area contributed by atoms with Crippen LogP contribution in [0.15, 0.2) is 57.2 Å². The molecule has 2 heterocycles. The van der Waals surface area contributed by atoms with Crippen molar-refractivity contribution in [1.82, 2.24) is 4.90 Å². The molecule has 0 spiro atoms. The first kappa shape index (κ1) is 18.0. The van der Waals surface area contributed by atoms with Gasteiger partial charge in [-0.15, -0.1) is 11.8 Å². The van der Waals surface area contributed by atoms with Gasteiger partial charge >= 0.3 is 0 Å². The van der Waals surface area contributed by atoms with Gasteiger partial charge in [-0.2, -0.15) is 0 Å². The lowest BCUT2D eigenvalue weighted by Crippen LogP contribution is -2.39. The molecular formula is C21H24N2OS2. The summed E-state index contributed by atoms with van der Waals surface area (Å²) in [5.41, 5.74) is 2.04. The third kappa shape index (κ3) is 3.66. The monoisotopic (exact) mass is 384 g/mol. The van der Waals surface area contributed by atoms with Crippen molar-refractivity contribution in [3.8, 4) is 0 Å². The highest BCUT2D eigenvalue weighted by atomic mass is 32.2. The quantitative estimate of drug-likeness (QED) is 0.660. The molecule has 0 aromatic heterocycles. The zero-order valence-electron chi connectivity index (χ0n) is 15.1. The molecule has 0 aliphatic carbocycles. The molecule has 2 aliphatic rings. The number of thioether (sulfide) groups is 1. The molecule has 1 saturated heterocycles. The first-order chi connectivity index (χ1) is 12.8. The largest absolute Gasteiger partial charge is 0.294 e. The van der Waals surface area contributed by atoms with E-state index in [2.05, 4.69) is 41.5 Å². The summed E-state index contributed by atoms with van der Waals surface area (Å²) in [7, 11) is 0. The third-order valence-electron chi connectivity index (χ3n) is 5.04. The summed E-state index contributed by atoms with van der Waals surface area (Å²) in [6, 6.07) is 14.7. The standard InChI is InChI=1S/C21H24N2OS2/c1-25-16-10-11-20-18(14-16)23(17-8-4-5-9-19(17)26-20)21(24)15-22-12-6-2-3-7-13-22/h4-5,8-11,14H,2-3,6-7,12-13,15H2,1H3. The van der Waals surface area contributed by atoms with E-state index in [4.69, 9.17) is 0 Å². The topological polar surface area (TPSA) is 23.6 Å². The number of carbonyl (C=O) groups is 1. The molecule has 0 N–H and O–H groups in total. The van der Waals surface area contributed by atoms with Gasteiger partial charge < -0.3 is 0 Å². The highest BCUT2D eigenvalue weighted by molar-refractivity contribution is 8.00. The van der Waals surface area contributed by atoms with Crippen molar-refractivity contribution in [3.05, 3.63) is 42.5 Å². The van der Waals surface area contributed by atoms with Crippen molar-refractivity contribution in [1.29, 1.82) is 0 Å². The third-order valence-corrected chi connectivity index (χ3v) is 6.90. The summed E-state index contributed by atoms with van der Waals surface area (Å²) in [5, 5.41) is 0. The Morgan fingerprint density at radius 1 is 1.00 bits per heavy atom. The molecule has 2 aromatic carbocycles. The minimum atomic E-state index is 0.180. The second-order valence-electron chi connectivity index (χ2n) is 6.82. The molecule has 2 aliphatic heterocycles. The summed E-state index contributed by atoms with van der Waals surface area (Å²) in [5.74, 6) is 0.180. The molecule has 1 amide bonds. The highest BCUT2D eigenvalue weighted by Crippen LogP contribution is 2.49. The zero-order chi connectivity index (χ0) is 17.9. The normalized spacial score (nSPS) is 17.3. The summed E-state index contributed by atoms with van der Waals surface area (Å²) >= 11 is 3.47. The average molecular weight is 385 g/mol. The zero-order valence-corrected chi connectivity index (χ0v) is 16.7. The minimum Gasteiger partial charge on any atom is -0.294 e. The van der Waals surface area contributed by atoms with Gasteiger partial charge in [0.25, 0.3) is 0 Å². The predicted octanol–water partition coefficient (Wildman–Crippen LogP) is 5.41. The van der Waals surface area contributed by atoms with Crippen molar-refractivity contribution in [2.24, 2.45) is 0 Å². The molecule has 0 radical (unpaired) electrons. The lowest BCUT2D eigenvalue weighted by molar-refractivity contribution is -0.119. The van der Waals surface area contributed by atoms with E-state index in [9.17, 15) is 4.79 Å². The molecule has 136 valence electrons. The molecule has 26 heavy (non-hydrogen) atoms. The van der Waals surface area contributed by atoms with E-state index < -0.39 is 0 Å². The summed E-state index contributed by atoms with van der Waals surface area (Å²) < 4.78 is 0. The number of rotatable bonds is 3. The Kier molecular flexibility index (Phi) is 5.57. The fourth-order valence-corrected chi connectivity index (χ4v) is 5.16. The number of fused-ring (bicyclic) bond motifs is 2. The van der Waals surface area contributed by atoms with Crippen LogP contribution >= 0.6 is 23.5 Å². The minimum absolute atomic E-state index is 0.180. The van der Waals surface area contributed by atoms with Gasteiger partial charge in [0.15, 0.2) is 0 Å².